The van der Waals surface area contributed by atoms with Gasteiger partial charge >= 0.3 is 0 Å². The predicted molar refractivity (Wildman–Crippen MR) is 201 cm³/mol. The summed E-state index contributed by atoms with van der Waals surface area (Å²) >= 11 is 1.87. The summed E-state index contributed by atoms with van der Waals surface area (Å²) in [6.07, 6.45) is 1.64. The first-order valence-corrected chi connectivity index (χ1v) is 16.9. The molecule has 0 amide bonds. The van der Waals surface area contributed by atoms with E-state index in [0.29, 0.717) is 5.58 Å². The van der Waals surface area contributed by atoms with Crippen LogP contribution in [0, 0.1) is 0 Å². The molecule has 10 rings (SSSR count). The zero-order valence-corrected chi connectivity index (χ0v) is 26.5. The van der Waals surface area contributed by atoms with Crippen molar-refractivity contribution >= 4 is 64.4 Å². The SMILES string of the molecule is c1cc(-c2ccc(-c3cccc(-c4cccc5c4sc4ccccc45)c3)cc2)cc(-c2ncnc3c2oc2c4ccccc4ccc32)c1. The highest BCUT2D eigenvalue weighted by molar-refractivity contribution is 7.26. The fraction of sp³-hybridized carbons (Fsp3) is 0. The smallest absolute Gasteiger partial charge is 0.180 e. The Kier molecular flexibility index (Phi) is 6.05. The number of furan rings is 1. The van der Waals surface area contributed by atoms with Crippen molar-refractivity contribution in [2.45, 2.75) is 0 Å². The average molecular weight is 631 g/mol. The quantitative estimate of drug-likeness (QED) is 0.194. The maximum absolute atomic E-state index is 6.52. The molecular formula is C44H26N2OS. The van der Waals surface area contributed by atoms with E-state index in [0.717, 1.165) is 49.6 Å². The van der Waals surface area contributed by atoms with E-state index in [9.17, 15) is 0 Å². The number of benzene rings is 7. The first-order valence-electron chi connectivity index (χ1n) is 16.1. The van der Waals surface area contributed by atoms with Gasteiger partial charge < -0.3 is 4.42 Å². The lowest BCUT2D eigenvalue weighted by atomic mass is 9.96. The standard InChI is InChI=1S/C44H26N2OS/c1-2-13-34-29(8-1)22-23-38-41-43(47-42(34)38)40(45-26-46-41)33-12-6-10-31(25-33)28-20-18-27(19-21-28)30-9-5-11-32(24-30)35-15-7-16-37-36-14-3-4-17-39(36)48-44(35)37/h1-26H. The fourth-order valence-corrected chi connectivity index (χ4v) is 8.29. The van der Waals surface area contributed by atoms with Crippen LogP contribution in [-0.4, -0.2) is 9.97 Å². The van der Waals surface area contributed by atoms with Crippen LogP contribution < -0.4 is 0 Å². The Morgan fingerprint density at radius 3 is 1.94 bits per heavy atom. The summed E-state index contributed by atoms with van der Waals surface area (Å²) in [5.41, 5.74) is 11.4. The molecule has 0 bridgehead atoms. The van der Waals surface area contributed by atoms with Gasteiger partial charge in [0.25, 0.3) is 0 Å². The molecule has 0 fully saturated rings. The fourth-order valence-electron chi connectivity index (χ4n) is 7.05. The molecule has 0 atom stereocenters. The maximum Gasteiger partial charge on any atom is 0.180 e. The Bertz CT molecular complexity index is 2840. The van der Waals surface area contributed by atoms with Gasteiger partial charge in [-0.1, -0.05) is 127 Å². The summed E-state index contributed by atoms with van der Waals surface area (Å²) in [6.45, 7) is 0. The van der Waals surface area contributed by atoms with Crippen LogP contribution in [0.5, 0.6) is 0 Å². The van der Waals surface area contributed by atoms with Crippen LogP contribution in [0.3, 0.4) is 0 Å². The molecule has 0 aliphatic rings. The van der Waals surface area contributed by atoms with Crippen molar-refractivity contribution in [3.05, 3.63) is 158 Å². The number of hydrogen-bond donors (Lipinski definition) is 0. The van der Waals surface area contributed by atoms with E-state index < -0.39 is 0 Å². The van der Waals surface area contributed by atoms with Gasteiger partial charge in [0.2, 0.25) is 0 Å². The third kappa shape index (κ3) is 4.27. The van der Waals surface area contributed by atoms with Gasteiger partial charge in [0.1, 0.15) is 23.1 Å². The van der Waals surface area contributed by atoms with Crippen LogP contribution in [-0.2, 0) is 0 Å². The molecule has 3 nitrogen and oxygen atoms in total. The van der Waals surface area contributed by atoms with E-state index >= 15 is 0 Å². The van der Waals surface area contributed by atoms with Crippen LogP contribution >= 0.6 is 11.3 Å². The van der Waals surface area contributed by atoms with Crippen molar-refractivity contribution in [2.24, 2.45) is 0 Å². The number of thiophene rings is 1. The first kappa shape index (κ1) is 27.1. The Hall–Kier alpha value is -6.10. The lowest BCUT2D eigenvalue weighted by Crippen LogP contribution is -1.88. The lowest BCUT2D eigenvalue weighted by Gasteiger charge is -2.09. The molecule has 0 saturated carbocycles. The second-order valence-corrected chi connectivity index (χ2v) is 13.2. The van der Waals surface area contributed by atoms with Crippen molar-refractivity contribution < 1.29 is 4.42 Å². The van der Waals surface area contributed by atoms with Crippen LogP contribution in [0.4, 0.5) is 0 Å². The minimum Gasteiger partial charge on any atom is -0.451 e. The maximum atomic E-state index is 6.52. The van der Waals surface area contributed by atoms with Gasteiger partial charge in [0, 0.05) is 36.5 Å². The third-order valence-electron chi connectivity index (χ3n) is 9.41. The van der Waals surface area contributed by atoms with Crippen LogP contribution in [0.2, 0.25) is 0 Å². The number of hydrogen-bond acceptors (Lipinski definition) is 4. The second kappa shape index (κ2) is 10.7. The Morgan fingerprint density at radius 1 is 0.438 bits per heavy atom. The topological polar surface area (TPSA) is 38.9 Å². The lowest BCUT2D eigenvalue weighted by molar-refractivity contribution is 0.671. The van der Waals surface area contributed by atoms with Gasteiger partial charge in [-0.15, -0.1) is 11.3 Å². The van der Waals surface area contributed by atoms with Gasteiger partial charge in [-0.05, 0) is 63.0 Å². The molecule has 4 heteroatoms. The van der Waals surface area contributed by atoms with Crippen molar-refractivity contribution in [1.82, 2.24) is 9.97 Å². The molecule has 48 heavy (non-hydrogen) atoms. The first-order chi connectivity index (χ1) is 23.8. The Labute approximate surface area is 280 Å². The minimum absolute atomic E-state index is 0.711. The van der Waals surface area contributed by atoms with Crippen molar-refractivity contribution in [2.75, 3.05) is 0 Å². The largest absolute Gasteiger partial charge is 0.451 e. The minimum atomic E-state index is 0.711. The molecule has 0 saturated heterocycles. The van der Waals surface area contributed by atoms with E-state index in [1.54, 1.807) is 6.33 Å². The van der Waals surface area contributed by atoms with Gasteiger partial charge in [-0.2, -0.15) is 0 Å². The van der Waals surface area contributed by atoms with Crippen molar-refractivity contribution in [3.8, 4) is 44.6 Å². The van der Waals surface area contributed by atoms with E-state index in [1.807, 2.05) is 23.5 Å². The highest BCUT2D eigenvalue weighted by Crippen LogP contribution is 2.41. The van der Waals surface area contributed by atoms with E-state index in [4.69, 9.17) is 9.40 Å². The molecule has 3 heterocycles. The molecule has 0 radical (unpaired) electrons. The summed E-state index contributed by atoms with van der Waals surface area (Å²) in [4.78, 5) is 9.33. The van der Waals surface area contributed by atoms with Crippen molar-refractivity contribution in [3.63, 3.8) is 0 Å². The molecular weight excluding hydrogens is 605 g/mol. The molecule has 10 aromatic rings. The molecule has 0 spiro atoms. The van der Waals surface area contributed by atoms with Crippen LogP contribution in [0.15, 0.2) is 162 Å². The summed E-state index contributed by atoms with van der Waals surface area (Å²) in [6, 6.07) is 54.1. The summed E-state index contributed by atoms with van der Waals surface area (Å²) in [5.74, 6) is 0. The zero-order chi connectivity index (χ0) is 31.6. The normalized spacial score (nSPS) is 11.8. The number of aromatic nitrogens is 2. The Balaban J connectivity index is 1.00. The highest BCUT2D eigenvalue weighted by Gasteiger charge is 2.17. The monoisotopic (exact) mass is 630 g/mol. The number of fused-ring (bicyclic) bond motifs is 8. The van der Waals surface area contributed by atoms with Crippen LogP contribution in [0.1, 0.15) is 0 Å². The molecule has 224 valence electrons. The van der Waals surface area contributed by atoms with Crippen LogP contribution in [0.25, 0.3) is 97.7 Å². The number of nitrogens with zero attached hydrogens (tertiary/aromatic N) is 2. The van der Waals surface area contributed by atoms with Crippen molar-refractivity contribution in [1.29, 1.82) is 0 Å². The molecule has 7 aromatic carbocycles. The van der Waals surface area contributed by atoms with Gasteiger partial charge in [-0.25, -0.2) is 9.97 Å². The summed E-state index contributed by atoms with van der Waals surface area (Å²) in [5, 5.41) is 5.87. The van der Waals surface area contributed by atoms with E-state index in [1.165, 1.54) is 42.4 Å². The van der Waals surface area contributed by atoms with E-state index in [-0.39, 0.29) is 0 Å². The third-order valence-corrected chi connectivity index (χ3v) is 10.6. The summed E-state index contributed by atoms with van der Waals surface area (Å²) in [7, 11) is 0. The van der Waals surface area contributed by atoms with E-state index in [2.05, 4.69) is 145 Å². The molecule has 3 aromatic heterocycles. The average Bonchev–Trinajstić information content (AvgIpc) is 3.74. The van der Waals surface area contributed by atoms with Gasteiger partial charge in [-0.3, -0.25) is 0 Å². The molecule has 0 aliphatic heterocycles. The van der Waals surface area contributed by atoms with Gasteiger partial charge in [0.05, 0.1) is 0 Å². The molecule has 0 N–H and O–H groups in total. The molecule has 0 unspecified atom stereocenters. The number of rotatable bonds is 4. The van der Waals surface area contributed by atoms with Gasteiger partial charge in [0.15, 0.2) is 5.58 Å². The molecule has 0 aliphatic carbocycles. The Morgan fingerprint density at radius 2 is 1.10 bits per heavy atom. The predicted octanol–water partition coefficient (Wildman–Crippen LogP) is 12.6. The zero-order valence-electron chi connectivity index (χ0n) is 25.7. The summed E-state index contributed by atoms with van der Waals surface area (Å²) < 4.78 is 9.18. The highest BCUT2D eigenvalue weighted by atomic mass is 32.1. The second-order valence-electron chi connectivity index (χ2n) is 12.2.